The van der Waals surface area contributed by atoms with Gasteiger partial charge < -0.3 is 10.6 Å². The van der Waals surface area contributed by atoms with E-state index in [-0.39, 0.29) is 24.4 Å². The third-order valence-electron chi connectivity index (χ3n) is 4.87. The van der Waals surface area contributed by atoms with Gasteiger partial charge in [-0.05, 0) is 62.4 Å². The molecular weight excluding hydrogens is 348 g/mol. The lowest BCUT2D eigenvalue weighted by atomic mass is 9.97. The maximum absolute atomic E-state index is 13.3. The molecule has 1 aromatic carbocycles. The van der Waals surface area contributed by atoms with E-state index >= 15 is 0 Å². The number of carbonyl (C=O) groups is 1. The molecule has 0 radical (unpaired) electrons. The highest BCUT2D eigenvalue weighted by molar-refractivity contribution is 5.85. The number of piperidine rings is 1. The summed E-state index contributed by atoms with van der Waals surface area (Å²) in [6.07, 6.45) is 4.08. The molecule has 0 aromatic heterocycles. The summed E-state index contributed by atoms with van der Waals surface area (Å²) in [5.74, 6) is -0.580. The van der Waals surface area contributed by atoms with Gasteiger partial charge in [0.25, 0.3) is 0 Å². The summed E-state index contributed by atoms with van der Waals surface area (Å²) in [4.78, 5) is 14.3. The number of benzene rings is 1. The summed E-state index contributed by atoms with van der Waals surface area (Å²) in [6, 6.07) is 3.63. The predicted octanol–water partition coefficient (Wildman–Crippen LogP) is 2.47. The molecule has 2 unspecified atom stereocenters. The highest BCUT2D eigenvalue weighted by Gasteiger charge is 2.24. The number of carbonyl (C=O) groups excluding carboxylic acids is 1. The number of nitrogens with one attached hydrogen (secondary N) is 2. The minimum absolute atomic E-state index is 0. The van der Waals surface area contributed by atoms with Crippen LogP contribution in [0.4, 0.5) is 8.78 Å². The van der Waals surface area contributed by atoms with Crippen LogP contribution in [0.3, 0.4) is 0 Å². The van der Waals surface area contributed by atoms with Crippen LogP contribution in [0.5, 0.6) is 0 Å². The van der Waals surface area contributed by atoms with Gasteiger partial charge in [0, 0.05) is 25.7 Å². The molecule has 0 spiro atoms. The third-order valence-corrected chi connectivity index (χ3v) is 4.87. The number of hydrogen-bond acceptors (Lipinski definition) is 3. The second-order valence-corrected chi connectivity index (χ2v) is 6.92. The summed E-state index contributed by atoms with van der Waals surface area (Å²) in [7, 11) is 0. The first-order valence-electron chi connectivity index (χ1n) is 8.78. The topological polar surface area (TPSA) is 44.4 Å². The molecule has 2 fully saturated rings. The number of halogens is 3. The van der Waals surface area contributed by atoms with Crippen LogP contribution in [0.2, 0.25) is 0 Å². The van der Waals surface area contributed by atoms with Gasteiger partial charge in [-0.25, -0.2) is 8.78 Å². The van der Waals surface area contributed by atoms with Gasteiger partial charge in [-0.15, -0.1) is 12.4 Å². The lowest BCUT2D eigenvalue weighted by molar-refractivity contribution is -0.123. The van der Waals surface area contributed by atoms with E-state index in [1.807, 2.05) is 0 Å². The van der Waals surface area contributed by atoms with Gasteiger partial charge in [0.1, 0.15) is 11.6 Å². The molecule has 0 bridgehead atoms. The smallest absolute Gasteiger partial charge is 0.237 e. The van der Waals surface area contributed by atoms with Crippen molar-refractivity contribution in [1.82, 2.24) is 15.5 Å². The van der Waals surface area contributed by atoms with Crippen LogP contribution in [0.1, 0.15) is 31.2 Å². The third kappa shape index (κ3) is 5.90. The Morgan fingerprint density at radius 3 is 2.64 bits per heavy atom. The van der Waals surface area contributed by atoms with E-state index in [9.17, 15) is 13.6 Å². The number of amides is 1. The highest BCUT2D eigenvalue weighted by Crippen LogP contribution is 2.19. The Kier molecular flexibility index (Phi) is 7.59. The van der Waals surface area contributed by atoms with Crippen molar-refractivity contribution in [1.29, 1.82) is 0 Å². The van der Waals surface area contributed by atoms with Crippen molar-refractivity contribution >= 4 is 18.3 Å². The lowest BCUT2D eigenvalue weighted by Crippen LogP contribution is -2.45. The number of likely N-dealkylation sites (tertiary alicyclic amines) is 1. The molecule has 2 heterocycles. The largest absolute Gasteiger partial charge is 0.354 e. The van der Waals surface area contributed by atoms with Crippen molar-refractivity contribution in [3.8, 4) is 0 Å². The minimum Gasteiger partial charge on any atom is -0.354 e. The van der Waals surface area contributed by atoms with Gasteiger partial charge in [-0.3, -0.25) is 9.69 Å². The van der Waals surface area contributed by atoms with Gasteiger partial charge in [0.15, 0.2) is 0 Å². The zero-order valence-electron chi connectivity index (χ0n) is 14.3. The van der Waals surface area contributed by atoms with Crippen LogP contribution in [-0.4, -0.2) is 43.0 Å². The van der Waals surface area contributed by atoms with E-state index in [1.54, 1.807) is 0 Å². The van der Waals surface area contributed by atoms with Crippen LogP contribution < -0.4 is 10.6 Å². The molecule has 7 heteroatoms. The number of hydrogen-bond donors (Lipinski definition) is 2. The Morgan fingerprint density at radius 1 is 1.20 bits per heavy atom. The average molecular weight is 374 g/mol. The Morgan fingerprint density at radius 2 is 1.96 bits per heavy atom. The molecule has 2 aliphatic heterocycles. The lowest BCUT2D eigenvalue weighted by Gasteiger charge is -2.33. The Balaban J connectivity index is 0.00000225. The fourth-order valence-corrected chi connectivity index (χ4v) is 3.70. The van der Waals surface area contributed by atoms with Crippen LogP contribution in [0, 0.1) is 17.6 Å². The van der Waals surface area contributed by atoms with Crippen molar-refractivity contribution < 1.29 is 13.6 Å². The zero-order chi connectivity index (χ0) is 16.9. The van der Waals surface area contributed by atoms with Crippen molar-refractivity contribution in [3.63, 3.8) is 0 Å². The summed E-state index contributed by atoms with van der Waals surface area (Å²) in [5.41, 5.74) is 0.660. The normalized spacial score (nSPS) is 23.9. The molecule has 4 nitrogen and oxygen atoms in total. The Hall–Kier alpha value is -1.24. The average Bonchev–Trinajstić information content (AvgIpc) is 3.06. The van der Waals surface area contributed by atoms with Gasteiger partial charge in [-0.1, -0.05) is 0 Å². The van der Waals surface area contributed by atoms with Crippen LogP contribution in [0.25, 0.3) is 0 Å². The van der Waals surface area contributed by atoms with Crippen molar-refractivity contribution in [2.24, 2.45) is 5.92 Å². The fourth-order valence-electron chi connectivity index (χ4n) is 3.70. The van der Waals surface area contributed by atoms with Crippen molar-refractivity contribution in [2.45, 2.75) is 38.3 Å². The molecule has 0 aliphatic carbocycles. The minimum atomic E-state index is -0.533. The fraction of sp³-hybridized carbons (Fsp3) is 0.611. The molecule has 3 rings (SSSR count). The van der Waals surface area contributed by atoms with E-state index < -0.39 is 11.6 Å². The first-order chi connectivity index (χ1) is 11.6. The first-order valence-corrected chi connectivity index (χ1v) is 8.78. The summed E-state index contributed by atoms with van der Waals surface area (Å²) in [6.45, 7) is 3.90. The van der Waals surface area contributed by atoms with E-state index in [1.165, 1.54) is 12.1 Å². The second kappa shape index (κ2) is 9.46. The van der Waals surface area contributed by atoms with Gasteiger partial charge in [0.2, 0.25) is 5.91 Å². The standard InChI is InChI=1S/C18H25F2N3O.ClH/c19-15-7-14(8-16(20)9-15)12-23-6-2-3-13(11-23)10-22-18(24)17-4-1-5-21-17;/h7-9,13,17,21H,1-6,10-12H2,(H,22,24);1H. The van der Waals surface area contributed by atoms with Gasteiger partial charge in [-0.2, -0.15) is 0 Å². The van der Waals surface area contributed by atoms with E-state index in [4.69, 9.17) is 0 Å². The number of rotatable bonds is 5. The number of nitrogens with zero attached hydrogens (tertiary/aromatic N) is 1. The zero-order valence-corrected chi connectivity index (χ0v) is 15.1. The Labute approximate surface area is 153 Å². The molecule has 25 heavy (non-hydrogen) atoms. The van der Waals surface area contributed by atoms with Crippen LogP contribution >= 0.6 is 12.4 Å². The molecule has 2 aliphatic rings. The van der Waals surface area contributed by atoms with Gasteiger partial charge in [0.05, 0.1) is 6.04 Å². The Bertz CT molecular complexity index is 561. The SMILES string of the molecule is Cl.O=C(NCC1CCCN(Cc2cc(F)cc(F)c2)C1)C1CCCN1. The molecule has 2 atom stereocenters. The quantitative estimate of drug-likeness (QED) is 0.833. The van der Waals surface area contributed by atoms with E-state index in [0.29, 0.717) is 24.6 Å². The highest BCUT2D eigenvalue weighted by atomic mass is 35.5. The maximum Gasteiger partial charge on any atom is 0.237 e. The molecule has 0 saturated carbocycles. The first kappa shape index (κ1) is 20.1. The second-order valence-electron chi connectivity index (χ2n) is 6.92. The molecule has 1 aromatic rings. The van der Waals surface area contributed by atoms with E-state index in [0.717, 1.165) is 51.4 Å². The van der Waals surface area contributed by atoms with Crippen LogP contribution in [-0.2, 0) is 11.3 Å². The molecule has 2 N–H and O–H groups in total. The monoisotopic (exact) mass is 373 g/mol. The van der Waals surface area contributed by atoms with Crippen molar-refractivity contribution in [2.75, 3.05) is 26.2 Å². The summed E-state index contributed by atoms with van der Waals surface area (Å²) in [5, 5.41) is 6.25. The molecule has 2 saturated heterocycles. The molecule has 1 amide bonds. The van der Waals surface area contributed by atoms with E-state index in [2.05, 4.69) is 15.5 Å². The maximum atomic E-state index is 13.3. The van der Waals surface area contributed by atoms with Crippen LogP contribution in [0.15, 0.2) is 18.2 Å². The van der Waals surface area contributed by atoms with Crippen molar-refractivity contribution in [3.05, 3.63) is 35.4 Å². The summed E-state index contributed by atoms with van der Waals surface area (Å²) < 4.78 is 26.6. The van der Waals surface area contributed by atoms with Gasteiger partial charge >= 0.3 is 0 Å². The summed E-state index contributed by atoms with van der Waals surface area (Å²) >= 11 is 0. The molecular formula is C18H26ClF2N3O. The molecule has 140 valence electrons. The predicted molar refractivity (Wildman–Crippen MR) is 95.6 cm³/mol.